The quantitative estimate of drug-likeness (QED) is 0.485. The lowest BCUT2D eigenvalue weighted by atomic mass is 10.0. The lowest BCUT2D eigenvalue weighted by molar-refractivity contribution is -0.128. The highest BCUT2D eigenvalue weighted by Crippen LogP contribution is 2.49. The number of rotatable bonds is 2. The summed E-state index contributed by atoms with van der Waals surface area (Å²) >= 11 is 0. The number of nitrogens with zero attached hydrogens (tertiary/aromatic N) is 5. The summed E-state index contributed by atoms with van der Waals surface area (Å²) in [7, 11) is 0. The molecule has 204 valence electrons. The number of piperazine rings is 1. The van der Waals surface area contributed by atoms with Crippen LogP contribution in [0.4, 0.5) is 20.3 Å². The van der Waals surface area contributed by atoms with Gasteiger partial charge in [0.05, 0.1) is 23.4 Å². The van der Waals surface area contributed by atoms with Gasteiger partial charge in [-0.3, -0.25) is 9.69 Å². The maximum Gasteiger partial charge on any atom is 0.246 e. The van der Waals surface area contributed by atoms with E-state index in [0.29, 0.717) is 31.0 Å². The van der Waals surface area contributed by atoms with Crippen molar-refractivity contribution in [2.45, 2.75) is 25.4 Å². The standard InChI is InChI=1S/C29H25F2N5O4/c1-3-21(38)34-11-12-35-16(13-34)14-39-26-23-27(35)33-29-36(19-9-5-4-7-17(19)15(2)40-29)28(23)32-25(24(26)31)22-18(30)8-6-10-20(22)37/h3-10,15-16,29,37H,1,11-14H2,2H3/t15?,16-,29?/m0/s1. The van der Waals surface area contributed by atoms with Crippen LogP contribution >= 0.6 is 0 Å². The maximum atomic E-state index is 16.3. The van der Waals surface area contributed by atoms with Gasteiger partial charge in [0, 0.05) is 25.2 Å². The second kappa shape index (κ2) is 9.02. The first-order valence-corrected chi connectivity index (χ1v) is 13.0. The van der Waals surface area contributed by atoms with E-state index in [1.165, 1.54) is 18.2 Å². The summed E-state index contributed by atoms with van der Waals surface area (Å²) in [6, 6.07) is 11.0. The molecule has 0 bridgehead atoms. The number of phenols is 1. The average molecular weight is 546 g/mol. The Balaban J connectivity index is 1.47. The number of para-hydroxylation sites is 1. The number of anilines is 2. The summed E-state index contributed by atoms with van der Waals surface area (Å²) in [6.45, 7) is 6.70. The van der Waals surface area contributed by atoms with Crippen molar-refractivity contribution in [3.8, 4) is 22.8 Å². The van der Waals surface area contributed by atoms with Crippen LogP contribution in [-0.2, 0) is 9.53 Å². The molecular weight excluding hydrogens is 520 g/mol. The molecule has 3 atom stereocenters. The summed E-state index contributed by atoms with van der Waals surface area (Å²) in [6.07, 6.45) is 0.131. The van der Waals surface area contributed by atoms with Gasteiger partial charge in [0.15, 0.2) is 17.4 Å². The van der Waals surface area contributed by atoms with Gasteiger partial charge in [0.1, 0.15) is 35.3 Å². The van der Waals surface area contributed by atoms with Gasteiger partial charge in [0.25, 0.3) is 0 Å². The number of benzene rings is 2. The van der Waals surface area contributed by atoms with Crippen molar-refractivity contribution >= 4 is 23.2 Å². The van der Waals surface area contributed by atoms with Gasteiger partial charge >= 0.3 is 0 Å². The number of pyridine rings is 1. The normalized spacial score (nSPS) is 22.6. The van der Waals surface area contributed by atoms with Crippen LogP contribution in [0.25, 0.3) is 11.3 Å². The number of halogens is 2. The third-order valence-electron chi connectivity index (χ3n) is 7.83. The molecule has 4 aliphatic rings. The third kappa shape index (κ3) is 3.50. The molecule has 0 radical (unpaired) electrons. The second-order valence-electron chi connectivity index (χ2n) is 10.1. The minimum Gasteiger partial charge on any atom is -0.507 e. The first-order chi connectivity index (χ1) is 19.4. The monoisotopic (exact) mass is 545 g/mol. The second-order valence-corrected chi connectivity index (χ2v) is 10.1. The molecule has 9 nitrogen and oxygen atoms in total. The molecule has 0 spiro atoms. The minimum absolute atomic E-state index is 0.0362. The number of hydrogen-bond acceptors (Lipinski definition) is 8. The van der Waals surface area contributed by atoms with E-state index in [9.17, 15) is 9.90 Å². The number of aromatic nitrogens is 1. The summed E-state index contributed by atoms with van der Waals surface area (Å²) in [4.78, 5) is 27.4. The van der Waals surface area contributed by atoms with Crippen LogP contribution < -0.4 is 9.64 Å². The molecule has 11 heteroatoms. The summed E-state index contributed by atoms with van der Waals surface area (Å²) in [5, 5.41) is 10.6. The number of aliphatic imine (C=N–C) groups is 1. The average Bonchev–Trinajstić information content (AvgIpc) is 3.12. The van der Waals surface area contributed by atoms with Crippen molar-refractivity contribution in [1.29, 1.82) is 0 Å². The van der Waals surface area contributed by atoms with Crippen molar-refractivity contribution in [1.82, 2.24) is 14.8 Å². The highest BCUT2D eigenvalue weighted by molar-refractivity contribution is 6.09. The predicted molar refractivity (Wildman–Crippen MR) is 142 cm³/mol. The molecule has 2 unspecified atom stereocenters. The molecule has 3 aromatic rings. The van der Waals surface area contributed by atoms with Gasteiger partial charge in [-0.2, -0.15) is 0 Å². The molecule has 7 rings (SSSR count). The Labute approximate surface area is 228 Å². The Kier molecular flexibility index (Phi) is 5.53. The van der Waals surface area contributed by atoms with Crippen LogP contribution in [0, 0.1) is 11.6 Å². The summed E-state index contributed by atoms with van der Waals surface area (Å²) in [5.74, 6) is -1.84. The first-order valence-electron chi connectivity index (χ1n) is 13.0. The van der Waals surface area contributed by atoms with E-state index in [1.807, 2.05) is 36.1 Å². The van der Waals surface area contributed by atoms with Crippen molar-refractivity contribution in [3.63, 3.8) is 0 Å². The van der Waals surface area contributed by atoms with Crippen LogP contribution in [0.3, 0.4) is 0 Å². The van der Waals surface area contributed by atoms with Crippen molar-refractivity contribution < 1.29 is 28.2 Å². The zero-order chi connectivity index (χ0) is 27.7. The number of amidine groups is 1. The van der Waals surface area contributed by atoms with E-state index < -0.39 is 23.7 Å². The molecular formula is C29H25F2N5O4. The van der Waals surface area contributed by atoms with Gasteiger partial charge in [0.2, 0.25) is 12.3 Å². The molecule has 1 amide bonds. The smallest absolute Gasteiger partial charge is 0.246 e. The van der Waals surface area contributed by atoms with E-state index >= 15 is 8.78 Å². The van der Waals surface area contributed by atoms with Gasteiger partial charge in [-0.25, -0.2) is 18.8 Å². The van der Waals surface area contributed by atoms with Gasteiger partial charge in [-0.05, 0) is 31.2 Å². The Morgan fingerprint density at radius 3 is 2.77 bits per heavy atom. The Morgan fingerprint density at radius 1 is 1.15 bits per heavy atom. The van der Waals surface area contributed by atoms with Crippen LogP contribution in [-0.4, -0.2) is 70.3 Å². The molecule has 0 saturated carbocycles. The SMILES string of the molecule is C=CC(=O)N1CCN2C3=NC4OC(C)c5ccccc5N4c4nc(-c5c(O)cccc5F)c(F)c(c43)OC[C@@H]2C1. The number of hydrogen-bond donors (Lipinski definition) is 1. The topological polar surface area (TPSA) is 90.7 Å². The van der Waals surface area contributed by atoms with E-state index in [2.05, 4.69) is 11.6 Å². The lowest BCUT2D eigenvalue weighted by Crippen LogP contribution is -2.58. The number of phenolic OH excluding ortho intramolecular Hbond substituents is 1. The zero-order valence-electron chi connectivity index (χ0n) is 21.6. The van der Waals surface area contributed by atoms with Gasteiger partial charge in [-0.1, -0.05) is 30.8 Å². The third-order valence-corrected chi connectivity index (χ3v) is 7.83. The molecule has 40 heavy (non-hydrogen) atoms. The van der Waals surface area contributed by atoms with Gasteiger partial charge < -0.3 is 24.4 Å². The minimum atomic E-state index is -0.913. The Morgan fingerprint density at radius 2 is 1.98 bits per heavy atom. The van der Waals surface area contributed by atoms with Crippen LogP contribution in [0.15, 0.2) is 60.1 Å². The zero-order valence-corrected chi connectivity index (χ0v) is 21.6. The number of amides is 1. The van der Waals surface area contributed by atoms with E-state index in [0.717, 1.165) is 17.3 Å². The number of ether oxygens (including phenoxy) is 2. The predicted octanol–water partition coefficient (Wildman–Crippen LogP) is 4.10. The van der Waals surface area contributed by atoms with Crippen LogP contribution in [0.5, 0.6) is 11.5 Å². The number of aromatic hydroxyl groups is 1. The van der Waals surface area contributed by atoms with E-state index in [4.69, 9.17) is 14.5 Å². The van der Waals surface area contributed by atoms with Crippen molar-refractivity contribution in [3.05, 3.63) is 77.9 Å². The summed E-state index contributed by atoms with van der Waals surface area (Å²) < 4.78 is 43.8. The maximum absolute atomic E-state index is 16.3. The van der Waals surface area contributed by atoms with E-state index in [1.54, 1.807) is 9.80 Å². The molecule has 4 aliphatic heterocycles. The highest BCUT2D eigenvalue weighted by atomic mass is 19.1. The molecule has 1 aromatic heterocycles. The molecule has 0 aliphatic carbocycles. The van der Waals surface area contributed by atoms with Crippen molar-refractivity contribution in [2.75, 3.05) is 31.1 Å². The molecule has 1 saturated heterocycles. The van der Waals surface area contributed by atoms with Crippen molar-refractivity contribution in [2.24, 2.45) is 4.99 Å². The molecule has 1 fully saturated rings. The Hall–Kier alpha value is -4.51. The highest BCUT2D eigenvalue weighted by Gasteiger charge is 2.46. The lowest BCUT2D eigenvalue weighted by Gasteiger charge is -2.45. The fourth-order valence-electron chi connectivity index (χ4n) is 5.92. The molecule has 2 aromatic carbocycles. The number of carbonyl (C=O) groups excluding carboxylic acids is 1. The number of fused-ring (bicyclic) bond motifs is 6. The first kappa shape index (κ1) is 24.5. The number of carbonyl (C=O) groups is 1. The molecule has 1 N–H and O–H groups in total. The van der Waals surface area contributed by atoms with Gasteiger partial charge in [-0.15, -0.1) is 0 Å². The fraction of sp³-hybridized carbons (Fsp3) is 0.276. The van der Waals surface area contributed by atoms with E-state index in [-0.39, 0.29) is 47.5 Å². The van der Waals surface area contributed by atoms with Crippen LogP contribution in [0.1, 0.15) is 24.2 Å². The fourth-order valence-corrected chi connectivity index (χ4v) is 5.92. The largest absolute Gasteiger partial charge is 0.507 e. The van der Waals surface area contributed by atoms with Crippen LogP contribution in [0.2, 0.25) is 0 Å². The molecule has 5 heterocycles. The summed E-state index contributed by atoms with van der Waals surface area (Å²) in [5.41, 5.74) is 1.21. The Bertz CT molecular complexity index is 1590.